The highest BCUT2D eigenvalue weighted by Gasteiger charge is 1.85. The van der Waals surface area contributed by atoms with Crippen LogP contribution in [-0.4, -0.2) is 6.61 Å². The maximum atomic E-state index is 5.24. The second-order valence-electron chi connectivity index (χ2n) is 4.00. The van der Waals surface area contributed by atoms with Gasteiger partial charge in [-0.3, -0.25) is 0 Å². The Hall–Kier alpha value is -2.02. The van der Waals surface area contributed by atoms with Gasteiger partial charge in [0.15, 0.2) is 0 Å². The molecule has 0 N–H and O–H groups in total. The molecule has 0 spiro atoms. The highest BCUT2D eigenvalue weighted by atomic mass is 16.5. The molecule has 0 aliphatic heterocycles. The standard InChI is InChI=1S/C9H10O.C8H10/c1-2-8-10-9-6-4-3-5-7-9;1-7-5-3-4-6-8(7)2/h2-7H,1,8H2;3-6H,1-2H3. The molecule has 0 unspecified atom stereocenters. The third-order valence-corrected chi connectivity index (χ3v) is 2.54. The fraction of sp³-hybridized carbons (Fsp3) is 0.176. The van der Waals surface area contributed by atoms with Crippen molar-refractivity contribution in [3.8, 4) is 5.75 Å². The molecule has 0 heterocycles. The largest absolute Gasteiger partial charge is 0.490 e. The maximum absolute atomic E-state index is 5.24. The fourth-order valence-electron chi connectivity index (χ4n) is 1.33. The topological polar surface area (TPSA) is 9.23 Å². The first kappa shape index (κ1) is 14.0. The van der Waals surface area contributed by atoms with Crippen molar-refractivity contribution in [1.29, 1.82) is 0 Å². The molecule has 94 valence electrons. The maximum Gasteiger partial charge on any atom is 0.119 e. The number of benzene rings is 2. The molecule has 0 aliphatic rings. The monoisotopic (exact) mass is 240 g/mol. The molecule has 0 amide bonds. The minimum Gasteiger partial charge on any atom is -0.490 e. The first-order valence-electron chi connectivity index (χ1n) is 6.05. The van der Waals surface area contributed by atoms with Crippen molar-refractivity contribution in [1.82, 2.24) is 0 Å². The molecule has 2 rings (SSSR count). The molecule has 0 fully saturated rings. The highest BCUT2D eigenvalue weighted by Crippen LogP contribution is 2.07. The Morgan fingerprint density at radius 3 is 1.83 bits per heavy atom. The van der Waals surface area contributed by atoms with Crippen LogP contribution in [0.3, 0.4) is 0 Å². The lowest BCUT2D eigenvalue weighted by Crippen LogP contribution is -1.91. The molecule has 0 saturated carbocycles. The first-order valence-corrected chi connectivity index (χ1v) is 6.05. The summed E-state index contributed by atoms with van der Waals surface area (Å²) in [5.41, 5.74) is 2.74. The summed E-state index contributed by atoms with van der Waals surface area (Å²) >= 11 is 0. The quantitative estimate of drug-likeness (QED) is 0.715. The normalized spacial score (nSPS) is 9.00. The van der Waals surface area contributed by atoms with Crippen LogP contribution in [0.25, 0.3) is 0 Å². The van der Waals surface area contributed by atoms with E-state index in [1.165, 1.54) is 11.1 Å². The van der Waals surface area contributed by atoms with Crippen molar-refractivity contribution in [3.63, 3.8) is 0 Å². The van der Waals surface area contributed by atoms with E-state index in [1.54, 1.807) is 6.08 Å². The van der Waals surface area contributed by atoms with Crippen LogP contribution in [0.4, 0.5) is 0 Å². The van der Waals surface area contributed by atoms with Crippen LogP contribution < -0.4 is 4.74 Å². The van der Waals surface area contributed by atoms with Gasteiger partial charge in [-0.1, -0.05) is 55.1 Å². The fourth-order valence-corrected chi connectivity index (χ4v) is 1.33. The van der Waals surface area contributed by atoms with Gasteiger partial charge in [0.05, 0.1) is 0 Å². The van der Waals surface area contributed by atoms with E-state index in [-0.39, 0.29) is 0 Å². The smallest absolute Gasteiger partial charge is 0.119 e. The molecule has 0 aliphatic carbocycles. The minimum absolute atomic E-state index is 0.573. The van der Waals surface area contributed by atoms with E-state index in [1.807, 2.05) is 30.3 Å². The van der Waals surface area contributed by atoms with E-state index < -0.39 is 0 Å². The second-order valence-corrected chi connectivity index (χ2v) is 4.00. The average Bonchev–Trinajstić information content (AvgIpc) is 2.42. The van der Waals surface area contributed by atoms with Crippen LogP contribution in [-0.2, 0) is 0 Å². The van der Waals surface area contributed by atoms with Crippen molar-refractivity contribution in [2.75, 3.05) is 6.61 Å². The molecule has 0 bridgehead atoms. The first-order chi connectivity index (χ1) is 8.74. The van der Waals surface area contributed by atoms with E-state index in [9.17, 15) is 0 Å². The summed E-state index contributed by atoms with van der Waals surface area (Å²) in [6.45, 7) is 8.36. The van der Waals surface area contributed by atoms with Crippen LogP contribution in [0.2, 0.25) is 0 Å². The molecule has 0 saturated heterocycles. The van der Waals surface area contributed by atoms with Crippen molar-refractivity contribution in [3.05, 3.63) is 78.4 Å². The molecule has 2 aromatic rings. The summed E-state index contributed by atoms with van der Waals surface area (Å²) in [5.74, 6) is 0.891. The van der Waals surface area contributed by atoms with Crippen LogP contribution in [0, 0.1) is 13.8 Å². The third-order valence-electron chi connectivity index (χ3n) is 2.54. The van der Waals surface area contributed by atoms with Crippen molar-refractivity contribution in [2.24, 2.45) is 0 Å². The molecule has 18 heavy (non-hydrogen) atoms. The summed E-state index contributed by atoms with van der Waals surface area (Å²) in [5, 5.41) is 0. The van der Waals surface area contributed by atoms with Gasteiger partial charge in [0, 0.05) is 0 Å². The average molecular weight is 240 g/mol. The van der Waals surface area contributed by atoms with Crippen molar-refractivity contribution < 1.29 is 4.74 Å². The number of para-hydroxylation sites is 1. The number of aryl methyl sites for hydroxylation is 2. The number of rotatable bonds is 3. The number of ether oxygens (including phenoxy) is 1. The van der Waals surface area contributed by atoms with E-state index in [2.05, 4.69) is 44.7 Å². The molecular weight excluding hydrogens is 220 g/mol. The molecule has 0 atom stereocenters. The van der Waals surface area contributed by atoms with Crippen LogP contribution >= 0.6 is 0 Å². The van der Waals surface area contributed by atoms with Gasteiger partial charge < -0.3 is 4.74 Å². The Balaban J connectivity index is 0.000000184. The zero-order chi connectivity index (χ0) is 13.2. The SMILES string of the molecule is C=CCOc1ccccc1.Cc1ccccc1C. The van der Waals surface area contributed by atoms with Gasteiger partial charge in [-0.05, 0) is 37.1 Å². The van der Waals surface area contributed by atoms with Crippen molar-refractivity contribution in [2.45, 2.75) is 13.8 Å². The van der Waals surface area contributed by atoms with Crippen LogP contribution in [0.1, 0.15) is 11.1 Å². The third kappa shape index (κ3) is 5.35. The summed E-state index contributed by atoms with van der Waals surface area (Å²) < 4.78 is 5.24. The molecule has 2 aromatic carbocycles. The van der Waals surface area contributed by atoms with Gasteiger partial charge in [0.25, 0.3) is 0 Å². The lowest BCUT2D eigenvalue weighted by atomic mass is 10.1. The minimum atomic E-state index is 0.573. The van der Waals surface area contributed by atoms with E-state index >= 15 is 0 Å². The lowest BCUT2D eigenvalue weighted by Gasteiger charge is -1.99. The van der Waals surface area contributed by atoms with Crippen LogP contribution in [0.5, 0.6) is 5.75 Å². The van der Waals surface area contributed by atoms with E-state index in [0.717, 1.165) is 5.75 Å². The van der Waals surface area contributed by atoms with E-state index in [4.69, 9.17) is 4.74 Å². The van der Waals surface area contributed by atoms with Gasteiger partial charge >= 0.3 is 0 Å². The molecule has 0 aromatic heterocycles. The predicted molar refractivity (Wildman–Crippen MR) is 78.1 cm³/mol. The van der Waals surface area contributed by atoms with E-state index in [0.29, 0.717) is 6.61 Å². The van der Waals surface area contributed by atoms with Crippen LogP contribution in [0.15, 0.2) is 67.3 Å². The zero-order valence-electron chi connectivity index (χ0n) is 11.1. The predicted octanol–water partition coefficient (Wildman–Crippen LogP) is 4.55. The summed E-state index contributed by atoms with van der Waals surface area (Å²) in [6, 6.07) is 18.0. The zero-order valence-corrected chi connectivity index (χ0v) is 11.1. The Morgan fingerprint density at radius 1 is 0.889 bits per heavy atom. The Labute approximate surface area is 110 Å². The Bertz CT molecular complexity index is 439. The Kier molecular flexibility index (Phi) is 6.34. The summed E-state index contributed by atoms with van der Waals surface area (Å²) in [6.07, 6.45) is 1.73. The molecule has 1 nitrogen and oxygen atoms in total. The number of hydrogen-bond acceptors (Lipinski definition) is 1. The molecule has 0 radical (unpaired) electrons. The highest BCUT2D eigenvalue weighted by molar-refractivity contribution is 5.23. The lowest BCUT2D eigenvalue weighted by molar-refractivity contribution is 0.363. The second kappa shape index (κ2) is 8.13. The van der Waals surface area contributed by atoms with Crippen molar-refractivity contribution >= 4 is 0 Å². The van der Waals surface area contributed by atoms with Gasteiger partial charge in [-0.2, -0.15) is 0 Å². The van der Waals surface area contributed by atoms with Gasteiger partial charge in [0.1, 0.15) is 12.4 Å². The summed E-state index contributed by atoms with van der Waals surface area (Å²) in [7, 11) is 0. The number of hydrogen-bond donors (Lipinski definition) is 0. The Morgan fingerprint density at radius 2 is 1.39 bits per heavy atom. The summed E-state index contributed by atoms with van der Waals surface area (Å²) in [4.78, 5) is 0. The molecule has 1 heteroatoms. The van der Waals surface area contributed by atoms with Gasteiger partial charge in [0.2, 0.25) is 0 Å². The molecular formula is C17H20O. The van der Waals surface area contributed by atoms with Gasteiger partial charge in [-0.15, -0.1) is 0 Å². The van der Waals surface area contributed by atoms with Gasteiger partial charge in [-0.25, -0.2) is 0 Å².